The number of para-hydroxylation sites is 1. The summed E-state index contributed by atoms with van der Waals surface area (Å²) < 4.78 is 10.7. The summed E-state index contributed by atoms with van der Waals surface area (Å²) in [6.45, 7) is 0.252. The number of nitrogens with zero attached hydrogens (tertiary/aromatic N) is 1. The molecule has 0 saturated carbocycles. The van der Waals surface area contributed by atoms with Crippen LogP contribution < -0.4 is 14.8 Å². The van der Waals surface area contributed by atoms with Crippen LogP contribution in [0.4, 0.5) is 0 Å². The van der Waals surface area contributed by atoms with Crippen molar-refractivity contribution in [1.29, 1.82) is 0 Å². The number of carbonyl (C=O) groups excluding carboxylic acids is 1. The Morgan fingerprint density at radius 2 is 1.90 bits per heavy atom. The highest BCUT2D eigenvalue weighted by atomic mass is 16.7. The van der Waals surface area contributed by atoms with Crippen LogP contribution in [-0.2, 0) is 21.0 Å². The SMILES string of the molecule is COc1cccc(C2=NO[C@@](CC(=O)O)(C(=O)NCc3ccccc3)C2)c1OC. The normalized spacial score (nSPS) is 17.8. The fourth-order valence-electron chi connectivity index (χ4n) is 3.22. The van der Waals surface area contributed by atoms with Gasteiger partial charge in [-0.05, 0) is 17.7 Å². The number of amides is 1. The summed E-state index contributed by atoms with van der Waals surface area (Å²) in [5, 5.41) is 16.1. The van der Waals surface area contributed by atoms with E-state index in [0.717, 1.165) is 5.56 Å². The molecule has 3 rings (SSSR count). The predicted molar refractivity (Wildman–Crippen MR) is 105 cm³/mol. The molecule has 1 atom stereocenters. The summed E-state index contributed by atoms with van der Waals surface area (Å²) in [7, 11) is 3.01. The maximum atomic E-state index is 12.9. The largest absolute Gasteiger partial charge is 0.493 e. The number of oxime groups is 1. The van der Waals surface area contributed by atoms with Gasteiger partial charge in [-0.2, -0.15) is 0 Å². The predicted octanol–water partition coefficient (Wildman–Crippen LogP) is 2.36. The lowest BCUT2D eigenvalue weighted by molar-refractivity contribution is -0.156. The van der Waals surface area contributed by atoms with Gasteiger partial charge < -0.3 is 24.7 Å². The molecule has 1 aliphatic rings. The molecule has 0 saturated heterocycles. The van der Waals surface area contributed by atoms with E-state index in [1.807, 2.05) is 30.3 Å². The van der Waals surface area contributed by atoms with Gasteiger partial charge in [0, 0.05) is 18.5 Å². The molecule has 0 bridgehead atoms. The van der Waals surface area contributed by atoms with Gasteiger partial charge in [0.05, 0.1) is 26.4 Å². The van der Waals surface area contributed by atoms with Crippen molar-refractivity contribution < 1.29 is 29.0 Å². The lowest BCUT2D eigenvalue weighted by atomic mass is 9.89. The Morgan fingerprint density at radius 3 is 2.55 bits per heavy atom. The van der Waals surface area contributed by atoms with E-state index in [4.69, 9.17) is 14.3 Å². The minimum absolute atomic E-state index is 0.0105. The van der Waals surface area contributed by atoms with Crippen molar-refractivity contribution in [3.8, 4) is 11.5 Å². The highest BCUT2D eigenvalue weighted by molar-refractivity contribution is 6.08. The fraction of sp³-hybridized carbons (Fsp3) is 0.286. The lowest BCUT2D eigenvalue weighted by Gasteiger charge is -2.23. The van der Waals surface area contributed by atoms with Crippen LogP contribution in [0.1, 0.15) is 24.0 Å². The molecule has 0 fully saturated rings. The van der Waals surface area contributed by atoms with Gasteiger partial charge >= 0.3 is 5.97 Å². The maximum Gasteiger partial charge on any atom is 0.308 e. The number of carboxylic acids is 1. The number of aliphatic carboxylic acids is 1. The van der Waals surface area contributed by atoms with Crippen molar-refractivity contribution in [2.45, 2.75) is 25.0 Å². The first-order valence-electron chi connectivity index (χ1n) is 8.99. The average Bonchev–Trinajstić information content (AvgIpc) is 3.16. The first-order chi connectivity index (χ1) is 14.0. The number of carbonyl (C=O) groups is 2. The first-order valence-corrected chi connectivity index (χ1v) is 8.99. The van der Waals surface area contributed by atoms with Gasteiger partial charge in [-0.1, -0.05) is 41.6 Å². The van der Waals surface area contributed by atoms with Crippen molar-refractivity contribution in [3.63, 3.8) is 0 Å². The Labute approximate surface area is 168 Å². The van der Waals surface area contributed by atoms with E-state index in [-0.39, 0.29) is 13.0 Å². The minimum Gasteiger partial charge on any atom is -0.493 e. The van der Waals surface area contributed by atoms with Crippen LogP contribution in [0.15, 0.2) is 53.7 Å². The third-order valence-corrected chi connectivity index (χ3v) is 4.64. The van der Waals surface area contributed by atoms with Crippen molar-refractivity contribution >= 4 is 17.6 Å². The van der Waals surface area contributed by atoms with E-state index in [1.165, 1.54) is 14.2 Å². The quantitative estimate of drug-likeness (QED) is 0.707. The standard InChI is InChI=1S/C21H22N2O6/c1-27-17-10-6-9-15(19(17)28-2)16-11-21(29-23-16,12-18(24)25)20(26)22-13-14-7-4-3-5-8-14/h3-10H,11-13H2,1-2H3,(H,22,26)(H,24,25)/t21-/m0/s1. The summed E-state index contributed by atoms with van der Waals surface area (Å²) in [4.78, 5) is 29.8. The minimum atomic E-state index is -1.63. The van der Waals surface area contributed by atoms with Crippen LogP contribution in [-0.4, -0.2) is 42.5 Å². The molecular weight excluding hydrogens is 376 g/mol. The van der Waals surface area contributed by atoms with Crippen LogP contribution >= 0.6 is 0 Å². The Bertz CT molecular complexity index is 928. The summed E-state index contributed by atoms with van der Waals surface area (Å²) in [6, 6.07) is 14.6. The highest BCUT2D eigenvalue weighted by Crippen LogP contribution is 2.37. The second kappa shape index (κ2) is 8.64. The number of hydrogen-bond donors (Lipinski definition) is 2. The van der Waals surface area contributed by atoms with Crippen molar-refractivity contribution in [2.24, 2.45) is 5.16 Å². The summed E-state index contributed by atoms with van der Waals surface area (Å²) in [5.74, 6) is -0.761. The molecule has 2 aromatic rings. The van der Waals surface area contributed by atoms with Crippen molar-refractivity contribution in [2.75, 3.05) is 14.2 Å². The smallest absolute Gasteiger partial charge is 0.308 e. The molecule has 0 unspecified atom stereocenters. The average molecular weight is 398 g/mol. The number of methoxy groups -OCH3 is 2. The van der Waals surface area contributed by atoms with Crippen LogP contribution in [0.5, 0.6) is 11.5 Å². The second-order valence-corrected chi connectivity index (χ2v) is 6.58. The number of ether oxygens (including phenoxy) is 2. The monoisotopic (exact) mass is 398 g/mol. The zero-order valence-corrected chi connectivity index (χ0v) is 16.2. The van der Waals surface area contributed by atoms with Gasteiger partial charge in [-0.25, -0.2) is 0 Å². The van der Waals surface area contributed by atoms with E-state index in [0.29, 0.717) is 22.8 Å². The Balaban J connectivity index is 1.83. The van der Waals surface area contributed by atoms with Gasteiger partial charge in [-0.3, -0.25) is 9.59 Å². The first kappa shape index (κ1) is 20.2. The lowest BCUT2D eigenvalue weighted by Crippen LogP contribution is -2.48. The topological polar surface area (TPSA) is 106 Å². The maximum absolute atomic E-state index is 12.9. The van der Waals surface area contributed by atoms with Gasteiger partial charge in [-0.15, -0.1) is 0 Å². The molecule has 152 valence electrons. The third kappa shape index (κ3) is 4.31. The third-order valence-electron chi connectivity index (χ3n) is 4.64. The van der Waals surface area contributed by atoms with Gasteiger partial charge in [0.25, 0.3) is 5.91 Å². The highest BCUT2D eigenvalue weighted by Gasteiger charge is 2.49. The summed E-state index contributed by atoms with van der Waals surface area (Å²) >= 11 is 0. The van der Waals surface area contributed by atoms with Gasteiger partial charge in [0.15, 0.2) is 11.5 Å². The van der Waals surface area contributed by atoms with Crippen molar-refractivity contribution in [1.82, 2.24) is 5.32 Å². The van der Waals surface area contributed by atoms with Crippen LogP contribution in [0, 0.1) is 0 Å². The number of nitrogens with one attached hydrogen (secondary N) is 1. The molecule has 1 heterocycles. The Kier molecular flexibility index (Phi) is 6.01. The van der Waals surface area contributed by atoms with E-state index in [1.54, 1.807) is 18.2 Å². The summed E-state index contributed by atoms with van der Waals surface area (Å²) in [6.07, 6.45) is -0.531. The fourth-order valence-corrected chi connectivity index (χ4v) is 3.22. The zero-order chi connectivity index (χ0) is 20.9. The Morgan fingerprint density at radius 1 is 1.14 bits per heavy atom. The molecule has 2 N–H and O–H groups in total. The number of carboxylic acid groups (broad SMARTS) is 1. The zero-order valence-electron chi connectivity index (χ0n) is 16.2. The molecular formula is C21H22N2O6. The number of rotatable bonds is 8. The second-order valence-electron chi connectivity index (χ2n) is 6.58. The van der Waals surface area contributed by atoms with E-state index in [9.17, 15) is 14.7 Å². The van der Waals surface area contributed by atoms with E-state index < -0.39 is 23.9 Å². The van der Waals surface area contributed by atoms with Crippen molar-refractivity contribution in [3.05, 3.63) is 59.7 Å². The molecule has 8 nitrogen and oxygen atoms in total. The number of hydrogen-bond acceptors (Lipinski definition) is 6. The molecule has 1 aliphatic heterocycles. The number of benzene rings is 2. The van der Waals surface area contributed by atoms with E-state index >= 15 is 0 Å². The van der Waals surface area contributed by atoms with Crippen LogP contribution in [0.25, 0.3) is 0 Å². The van der Waals surface area contributed by atoms with Crippen LogP contribution in [0.2, 0.25) is 0 Å². The molecule has 2 aromatic carbocycles. The van der Waals surface area contributed by atoms with E-state index in [2.05, 4.69) is 10.5 Å². The van der Waals surface area contributed by atoms with Crippen LogP contribution in [0.3, 0.4) is 0 Å². The molecule has 1 amide bonds. The molecule has 0 radical (unpaired) electrons. The molecule has 29 heavy (non-hydrogen) atoms. The molecule has 0 aromatic heterocycles. The molecule has 8 heteroatoms. The van der Waals surface area contributed by atoms with Gasteiger partial charge in [0.1, 0.15) is 0 Å². The molecule has 0 aliphatic carbocycles. The Hall–Kier alpha value is -3.55. The molecule has 0 spiro atoms. The van der Waals surface area contributed by atoms with Gasteiger partial charge in [0.2, 0.25) is 5.60 Å². The summed E-state index contributed by atoms with van der Waals surface area (Å²) in [5.41, 5.74) is 0.246.